The highest BCUT2D eigenvalue weighted by atomic mass is 19.4. The van der Waals surface area contributed by atoms with Crippen LogP contribution in [-0.4, -0.2) is 35.5 Å². The number of halogens is 3. The van der Waals surface area contributed by atoms with E-state index in [0.29, 0.717) is 12.8 Å². The molecule has 1 aliphatic carbocycles. The molecule has 96 valence electrons. The summed E-state index contributed by atoms with van der Waals surface area (Å²) in [6.07, 6.45) is -1.71. The van der Waals surface area contributed by atoms with Crippen LogP contribution < -0.4 is 11.1 Å². The van der Waals surface area contributed by atoms with Crippen molar-refractivity contribution in [2.24, 2.45) is 5.73 Å². The molecule has 0 aromatic heterocycles. The molecular formula is C10H19F3N2O. The van der Waals surface area contributed by atoms with Gasteiger partial charge in [0.05, 0.1) is 6.61 Å². The van der Waals surface area contributed by atoms with Crippen molar-refractivity contribution in [3.8, 4) is 0 Å². The Hall–Kier alpha value is -0.330. The van der Waals surface area contributed by atoms with Crippen LogP contribution in [0.3, 0.4) is 0 Å². The predicted octanol–water partition coefficient (Wildman–Crippen LogP) is 1.16. The molecule has 0 amide bonds. The Morgan fingerprint density at radius 2 is 1.75 bits per heavy atom. The molecule has 1 fully saturated rings. The predicted molar refractivity (Wildman–Crippen MR) is 54.9 cm³/mol. The molecule has 4 N–H and O–H groups in total. The lowest BCUT2D eigenvalue weighted by Gasteiger charge is -2.37. The molecule has 3 nitrogen and oxygen atoms in total. The van der Waals surface area contributed by atoms with E-state index in [1.807, 2.05) is 0 Å². The second kappa shape index (κ2) is 4.89. The van der Waals surface area contributed by atoms with Gasteiger partial charge in [0.15, 0.2) is 0 Å². The third kappa shape index (κ3) is 3.09. The van der Waals surface area contributed by atoms with E-state index in [1.165, 1.54) is 0 Å². The summed E-state index contributed by atoms with van der Waals surface area (Å²) in [4.78, 5) is 0. The lowest BCUT2D eigenvalue weighted by Crippen LogP contribution is -2.61. The summed E-state index contributed by atoms with van der Waals surface area (Å²) in [6.45, 7) is 0.0422. The zero-order valence-corrected chi connectivity index (χ0v) is 9.35. The van der Waals surface area contributed by atoms with Gasteiger partial charge in [-0.05, 0) is 32.6 Å². The van der Waals surface area contributed by atoms with Crippen LogP contribution in [0, 0.1) is 0 Å². The summed E-state index contributed by atoms with van der Waals surface area (Å²) < 4.78 is 38.1. The summed E-state index contributed by atoms with van der Waals surface area (Å²) in [6, 6.07) is -0.108. The van der Waals surface area contributed by atoms with Gasteiger partial charge in [0, 0.05) is 12.1 Å². The number of rotatable bonds is 3. The summed E-state index contributed by atoms with van der Waals surface area (Å²) in [7, 11) is 0. The Morgan fingerprint density at radius 3 is 2.12 bits per heavy atom. The smallest absolute Gasteiger partial charge is 0.394 e. The fourth-order valence-electron chi connectivity index (χ4n) is 1.93. The molecule has 1 rings (SSSR count). The molecule has 0 heterocycles. The van der Waals surface area contributed by atoms with E-state index in [2.05, 4.69) is 5.32 Å². The van der Waals surface area contributed by atoms with Crippen LogP contribution in [0.25, 0.3) is 0 Å². The van der Waals surface area contributed by atoms with Crippen LogP contribution in [-0.2, 0) is 0 Å². The van der Waals surface area contributed by atoms with Crippen molar-refractivity contribution in [3.63, 3.8) is 0 Å². The summed E-state index contributed by atoms with van der Waals surface area (Å²) in [5.74, 6) is 0. The number of hydrogen-bond acceptors (Lipinski definition) is 3. The molecule has 0 saturated heterocycles. The van der Waals surface area contributed by atoms with Crippen LogP contribution in [0.15, 0.2) is 0 Å². The van der Waals surface area contributed by atoms with Gasteiger partial charge in [-0.25, -0.2) is 0 Å². The normalized spacial score (nSPS) is 31.1. The molecular weight excluding hydrogens is 221 g/mol. The Labute approximate surface area is 93.2 Å². The van der Waals surface area contributed by atoms with E-state index < -0.39 is 18.3 Å². The van der Waals surface area contributed by atoms with Crippen LogP contribution in [0.5, 0.6) is 0 Å². The van der Waals surface area contributed by atoms with Gasteiger partial charge in [-0.1, -0.05) is 0 Å². The maximum Gasteiger partial charge on any atom is 0.408 e. The van der Waals surface area contributed by atoms with Crippen molar-refractivity contribution in [2.75, 3.05) is 6.61 Å². The Balaban J connectivity index is 2.57. The molecule has 0 bridgehead atoms. The SMILES string of the molecule is C[C@](CO)(N[C@H]1CC[C@H](N)CC1)C(F)(F)F. The zero-order valence-electron chi connectivity index (χ0n) is 9.35. The maximum atomic E-state index is 12.7. The van der Waals surface area contributed by atoms with E-state index in [-0.39, 0.29) is 12.1 Å². The highest BCUT2D eigenvalue weighted by Gasteiger charge is 2.51. The van der Waals surface area contributed by atoms with Crippen molar-refractivity contribution in [1.29, 1.82) is 0 Å². The lowest BCUT2D eigenvalue weighted by atomic mass is 9.89. The van der Waals surface area contributed by atoms with E-state index in [0.717, 1.165) is 19.8 Å². The standard InChI is InChI=1S/C10H19F3N2O/c1-9(6-16,10(11,12)13)15-8-4-2-7(14)3-5-8/h7-8,15-16H,2-6,14H2,1H3/t7-,8-,9-/m1/s1. The fraction of sp³-hybridized carbons (Fsp3) is 1.00. The van der Waals surface area contributed by atoms with Crippen molar-refractivity contribution in [2.45, 2.75) is 56.4 Å². The van der Waals surface area contributed by atoms with E-state index in [4.69, 9.17) is 10.8 Å². The summed E-state index contributed by atoms with van der Waals surface area (Å²) in [5, 5.41) is 11.4. The summed E-state index contributed by atoms with van der Waals surface area (Å²) >= 11 is 0. The highest BCUT2D eigenvalue weighted by molar-refractivity contribution is 4.94. The van der Waals surface area contributed by atoms with Gasteiger partial charge in [0.2, 0.25) is 0 Å². The van der Waals surface area contributed by atoms with E-state index >= 15 is 0 Å². The Kier molecular flexibility index (Phi) is 4.20. The van der Waals surface area contributed by atoms with Gasteiger partial charge < -0.3 is 10.8 Å². The minimum absolute atomic E-state index is 0.101. The largest absolute Gasteiger partial charge is 0.408 e. The monoisotopic (exact) mass is 240 g/mol. The number of aliphatic hydroxyl groups excluding tert-OH is 1. The molecule has 16 heavy (non-hydrogen) atoms. The zero-order chi connectivity index (χ0) is 12.4. The first kappa shape index (κ1) is 13.7. The van der Waals surface area contributed by atoms with E-state index in [9.17, 15) is 13.2 Å². The first-order valence-corrected chi connectivity index (χ1v) is 5.49. The van der Waals surface area contributed by atoms with Gasteiger partial charge in [-0.15, -0.1) is 0 Å². The number of nitrogens with one attached hydrogen (secondary N) is 1. The van der Waals surface area contributed by atoms with Crippen LogP contribution in [0.2, 0.25) is 0 Å². The number of aliphatic hydroxyl groups is 1. The molecule has 1 saturated carbocycles. The molecule has 1 aliphatic rings. The van der Waals surface area contributed by atoms with E-state index in [1.54, 1.807) is 0 Å². The number of nitrogens with two attached hydrogens (primary N) is 1. The molecule has 0 radical (unpaired) electrons. The first-order chi connectivity index (χ1) is 7.28. The first-order valence-electron chi connectivity index (χ1n) is 5.49. The molecule has 6 heteroatoms. The lowest BCUT2D eigenvalue weighted by molar-refractivity contribution is -0.204. The summed E-state index contributed by atoms with van der Waals surface area (Å²) in [5.41, 5.74) is 3.47. The average Bonchev–Trinajstić information content (AvgIpc) is 2.19. The van der Waals surface area contributed by atoms with Crippen molar-refractivity contribution < 1.29 is 18.3 Å². The van der Waals surface area contributed by atoms with Gasteiger partial charge in [-0.2, -0.15) is 13.2 Å². The molecule has 0 aliphatic heterocycles. The van der Waals surface area contributed by atoms with Crippen LogP contribution in [0.1, 0.15) is 32.6 Å². The number of alkyl halides is 3. The van der Waals surface area contributed by atoms with Gasteiger partial charge >= 0.3 is 6.18 Å². The third-order valence-corrected chi connectivity index (χ3v) is 3.24. The second-order valence-corrected chi connectivity index (χ2v) is 4.74. The van der Waals surface area contributed by atoms with Gasteiger partial charge in [0.25, 0.3) is 0 Å². The topological polar surface area (TPSA) is 58.3 Å². The molecule has 1 atom stereocenters. The molecule has 0 spiro atoms. The average molecular weight is 240 g/mol. The minimum atomic E-state index is -4.44. The van der Waals surface area contributed by atoms with Crippen LogP contribution in [0.4, 0.5) is 13.2 Å². The van der Waals surface area contributed by atoms with Crippen LogP contribution >= 0.6 is 0 Å². The Morgan fingerprint density at radius 1 is 1.25 bits per heavy atom. The molecule has 0 aromatic rings. The third-order valence-electron chi connectivity index (χ3n) is 3.24. The van der Waals surface area contributed by atoms with Gasteiger partial charge in [-0.3, -0.25) is 5.32 Å². The number of hydrogen-bond donors (Lipinski definition) is 3. The highest BCUT2D eigenvalue weighted by Crippen LogP contribution is 2.31. The molecule has 0 unspecified atom stereocenters. The Bertz CT molecular complexity index is 227. The maximum absolute atomic E-state index is 12.7. The second-order valence-electron chi connectivity index (χ2n) is 4.74. The van der Waals surface area contributed by atoms with Crippen molar-refractivity contribution in [3.05, 3.63) is 0 Å². The minimum Gasteiger partial charge on any atom is -0.394 e. The van der Waals surface area contributed by atoms with Gasteiger partial charge in [0.1, 0.15) is 5.54 Å². The fourth-order valence-corrected chi connectivity index (χ4v) is 1.93. The molecule has 0 aromatic carbocycles. The van der Waals surface area contributed by atoms with Crippen molar-refractivity contribution in [1.82, 2.24) is 5.32 Å². The quantitative estimate of drug-likeness (QED) is 0.693. The van der Waals surface area contributed by atoms with Crippen molar-refractivity contribution >= 4 is 0 Å².